The van der Waals surface area contributed by atoms with Gasteiger partial charge < -0.3 is 9.84 Å². The van der Waals surface area contributed by atoms with Crippen LogP contribution >= 0.6 is 0 Å². The number of nitrogens with zero attached hydrogens (tertiary/aromatic N) is 1. The van der Waals surface area contributed by atoms with Crippen LogP contribution in [0.5, 0.6) is 0 Å². The van der Waals surface area contributed by atoms with Crippen molar-refractivity contribution in [2.24, 2.45) is 0 Å². The first-order valence-electron chi connectivity index (χ1n) is 5.01. The number of aliphatic hydroxyl groups is 1. The molecule has 0 aromatic heterocycles. The maximum absolute atomic E-state index is 13.4. The van der Waals surface area contributed by atoms with Crippen LogP contribution in [-0.4, -0.2) is 48.0 Å². The highest BCUT2D eigenvalue weighted by atomic mass is 19.3. The number of halogens is 2. The molecule has 14 heavy (non-hydrogen) atoms. The predicted molar refractivity (Wildman–Crippen MR) is 46.1 cm³/mol. The minimum Gasteiger partial charge on any atom is -0.396 e. The van der Waals surface area contributed by atoms with E-state index in [-0.39, 0.29) is 12.2 Å². The molecule has 5 heteroatoms. The van der Waals surface area contributed by atoms with Crippen LogP contribution in [0.1, 0.15) is 19.3 Å². The van der Waals surface area contributed by atoms with Gasteiger partial charge in [-0.2, -0.15) is 8.78 Å². The number of hydrogen-bond acceptors (Lipinski definition) is 3. The summed E-state index contributed by atoms with van der Waals surface area (Å²) in [5.41, 5.74) is 0. The molecule has 0 saturated carbocycles. The van der Waals surface area contributed by atoms with E-state index < -0.39 is 19.1 Å². The lowest BCUT2D eigenvalue weighted by molar-refractivity contribution is -0.197. The number of rotatable bonds is 3. The second-order valence-corrected chi connectivity index (χ2v) is 4.00. The third-order valence-electron chi connectivity index (χ3n) is 2.92. The fraction of sp³-hybridized carbons (Fsp3) is 1.00. The highest BCUT2D eigenvalue weighted by Gasteiger charge is 2.44. The quantitative estimate of drug-likeness (QED) is 0.696. The van der Waals surface area contributed by atoms with Gasteiger partial charge in [0.2, 0.25) is 0 Å². The Bertz CT molecular complexity index is 201. The van der Waals surface area contributed by atoms with Crippen LogP contribution < -0.4 is 0 Å². The predicted octanol–water partition coefficient (Wildman–Crippen LogP) is 0.825. The second kappa shape index (κ2) is 3.72. The van der Waals surface area contributed by atoms with Gasteiger partial charge in [-0.3, -0.25) is 0 Å². The maximum Gasteiger partial charge on any atom is 0.307 e. The van der Waals surface area contributed by atoms with Crippen molar-refractivity contribution in [2.75, 3.05) is 19.7 Å². The van der Waals surface area contributed by atoms with E-state index in [1.165, 1.54) is 0 Å². The molecule has 2 unspecified atom stereocenters. The molecular formula is C9H15F2NO2. The van der Waals surface area contributed by atoms with Crippen LogP contribution in [0.15, 0.2) is 0 Å². The first kappa shape index (κ1) is 10.3. The van der Waals surface area contributed by atoms with Crippen molar-refractivity contribution in [2.45, 2.75) is 37.5 Å². The first-order chi connectivity index (χ1) is 6.62. The minimum atomic E-state index is -2.88. The third kappa shape index (κ3) is 1.89. The Morgan fingerprint density at radius 3 is 2.36 bits per heavy atom. The van der Waals surface area contributed by atoms with E-state index in [2.05, 4.69) is 0 Å². The summed E-state index contributed by atoms with van der Waals surface area (Å²) in [5, 5.41) is 8.54. The molecule has 2 aliphatic rings. The summed E-state index contributed by atoms with van der Waals surface area (Å²) in [6.45, 7) is 0.118. The molecule has 3 nitrogen and oxygen atoms in total. The highest BCUT2D eigenvalue weighted by Crippen LogP contribution is 2.33. The lowest BCUT2D eigenvalue weighted by atomic mass is 10.2. The Morgan fingerprint density at radius 1 is 1.29 bits per heavy atom. The van der Waals surface area contributed by atoms with Gasteiger partial charge in [-0.15, -0.1) is 0 Å². The zero-order valence-electron chi connectivity index (χ0n) is 7.96. The molecule has 2 rings (SSSR count). The maximum atomic E-state index is 13.4. The number of morpholine rings is 1. The minimum absolute atomic E-state index is 0.0293. The summed E-state index contributed by atoms with van der Waals surface area (Å²) in [4.78, 5) is 1.15. The van der Waals surface area contributed by atoms with Crippen molar-refractivity contribution >= 4 is 0 Å². The standard InChI is InChI=1S/C9H15F2NO2/c10-9(11,3-4-13)12-5-7-1-2-8(6-12)14-7/h7-8,13H,1-6H2. The number of fused-ring (bicyclic) bond motifs is 2. The molecule has 0 radical (unpaired) electrons. The summed E-state index contributed by atoms with van der Waals surface area (Å²) >= 11 is 0. The molecule has 2 saturated heterocycles. The number of likely N-dealkylation sites (tertiary alicyclic amines) is 1. The Hall–Kier alpha value is -0.260. The molecule has 0 aromatic rings. The normalized spacial score (nSPS) is 33.6. The van der Waals surface area contributed by atoms with Crippen molar-refractivity contribution in [3.63, 3.8) is 0 Å². The average Bonchev–Trinajstić information content (AvgIpc) is 2.45. The van der Waals surface area contributed by atoms with E-state index in [0.717, 1.165) is 17.7 Å². The van der Waals surface area contributed by atoms with Crippen molar-refractivity contribution < 1.29 is 18.6 Å². The van der Waals surface area contributed by atoms with E-state index >= 15 is 0 Å². The smallest absolute Gasteiger partial charge is 0.307 e. The second-order valence-electron chi connectivity index (χ2n) is 4.00. The summed E-state index contributed by atoms with van der Waals surface area (Å²) in [7, 11) is 0. The largest absolute Gasteiger partial charge is 0.396 e. The fourth-order valence-corrected chi connectivity index (χ4v) is 2.17. The Kier molecular flexibility index (Phi) is 2.72. The lowest BCUT2D eigenvalue weighted by Crippen LogP contribution is -2.52. The summed E-state index contributed by atoms with van der Waals surface area (Å²) in [6.07, 6.45) is 1.23. The van der Waals surface area contributed by atoms with Crippen molar-refractivity contribution in [1.29, 1.82) is 0 Å². The van der Waals surface area contributed by atoms with Crippen molar-refractivity contribution in [1.82, 2.24) is 4.90 Å². The lowest BCUT2D eigenvalue weighted by Gasteiger charge is -2.37. The fourth-order valence-electron chi connectivity index (χ4n) is 2.17. The van der Waals surface area contributed by atoms with Gasteiger partial charge in [0.05, 0.1) is 18.8 Å². The summed E-state index contributed by atoms with van der Waals surface area (Å²) in [5.74, 6) is 0. The van der Waals surface area contributed by atoms with Gasteiger partial charge in [-0.05, 0) is 12.8 Å². The van der Waals surface area contributed by atoms with E-state index in [1.807, 2.05) is 0 Å². The van der Waals surface area contributed by atoms with Crippen LogP contribution in [-0.2, 0) is 4.74 Å². The van der Waals surface area contributed by atoms with Gasteiger partial charge in [0, 0.05) is 19.5 Å². The molecule has 0 aliphatic carbocycles. The van der Waals surface area contributed by atoms with E-state index in [1.54, 1.807) is 0 Å². The molecule has 0 aromatic carbocycles. The van der Waals surface area contributed by atoms with Crippen LogP contribution in [0.3, 0.4) is 0 Å². The van der Waals surface area contributed by atoms with Gasteiger partial charge >= 0.3 is 6.05 Å². The molecule has 0 amide bonds. The molecule has 82 valence electrons. The van der Waals surface area contributed by atoms with E-state index in [4.69, 9.17) is 9.84 Å². The molecule has 2 heterocycles. The van der Waals surface area contributed by atoms with Gasteiger partial charge in [0.15, 0.2) is 0 Å². The third-order valence-corrected chi connectivity index (χ3v) is 2.92. The molecule has 2 bridgehead atoms. The summed E-state index contributed by atoms with van der Waals surface area (Å²) in [6, 6.07) is -2.88. The monoisotopic (exact) mass is 207 g/mol. The first-order valence-corrected chi connectivity index (χ1v) is 5.01. The molecule has 0 spiro atoms. The molecule has 2 aliphatic heterocycles. The summed E-state index contributed by atoms with van der Waals surface area (Å²) < 4.78 is 32.3. The molecule has 2 atom stereocenters. The Morgan fingerprint density at radius 2 is 1.86 bits per heavy atom. The zero-order valence-corrected chi connectivity index (χ0v) is 7.96. The Balaban J connectivity index is 1.98. The van der Waals surface area contributed by atoms with Crippen LogP contribution in [0.2, 0.25) is 0 Å². The molecule has 1 N–H and O–H groups in total. The SMILES string of the molecule is OCCC(F)(F)N1CC2CCC(C1)O2. The van der Waals surface area contributed by atoms with E-state index in [9.17, 15) is 8.78 Å². The van der Waals surface area contributed by atoms with Crippen LogP contribution in [0, 0.1) is 0 Å². The van der Waals surface area contributed by atoms with Gasteiger partial charge in [-0.1, -0.05) is 0 Å². The molecule has 2 fully saturated rings. The number of aliphatic hydroxyl groups excluding tert-OH is 1. The topological polar surface area (TPSA) is 32.7 Å². The van der Waals surface area contributed by atoms with Crippen LogP contribution in [0.4, 0.5) is 8.78 Å². The number of ether oxygens (including phenoxy) is 1. The van der Waals surface area contributed by atoms with E-state index in [0.29, 0.717) is 13.1 Å². The molecular weight excluding hydrogens is 192 g/mol. The van der Waals surface area contributed by atoms with Gasteiger partial charge in [0.25, 0.3) is 0 Å². The highest BCUT2D eigenvalue weighted by molar-refractivity contribution is 4.87. The van der Waals surface area contributed by atoms with Gasteiger partial charge in [-0.25, -0.2) is 4.90 Å². The Labute approximate surface area is 81.6 Å². The van der Waals surface area contributed by atoms with Gasteiger partial charge in [0.1, 0.15) is 0 Å². The number of hydrogen-bond donors (Lipinski definition) is 1. The van der Waals surface area contributed by atoms with Crippen LogP contribution in [0.25, 0.3) is 0 Å². The van der Waals surface area contributed by atoms with Crippen molar-refractivity contribution in [3.8, 4) is 0 Å². The average molecular weight is 207 g/mol. The number of alkyl halides is 2. The van der Waals surface area contributed by atoms with Crippen molar-refractivity contribution in [3.05, 3.63) is 0 Å². The zero-order chi connectivity index (χ0) is 10.2.